The zero-order valence-electron chi connectivity index (χ0n) is 16.0. The van der Waals surface area contributed by atoms with Gasteiger partial charge >= 0.3 is 0 Å². The molecule has 4 rings (SSSR count). The van der Waals surface area contributed by atoms with Gasteiger partial charge in [0.05, 0.1) is 22.3 Å². The van der Waals surface area contributed by atoms with Gasteiger partial charge in [-0.2, -0.15) is 0 Å². The maximum Gasteiger partial charge on any atom is 0.259 e. The molecule has 6 heteroatoms. The minimum atomic E-state index is 0.0225. The normalized spacial score (nSPS) is 15.6. The highest BCUT2D eigenvalue weighted by Crippen LogP contribution is 2.28. The topological polar surface area (TPSA) is 62.5 Å². The number of aromatic nitrogens is 2. The van der Waals surface area contributed by atoms with E-state index < -0.39 is 0 Å². The lowest BCUT2D eigenvalue weighted by atomic mass is 10.0. The Labute approximate surface area is 158 Å². The van der Waals surface area contributed by atoms with Crippen LogP contribution < -0.4 is 0 Å². The number of pyridine rings is 1. The van der Waals surface area contributed by atoms with Crippen molar-refractivity contribution in [2.75, 3.05) is 26.2 Å². The molecule has 0 N–H and O–H groups in total. The van der Waals surface area contributed by atoms with E-state index in [9.17, 15) is 4.79 Å². The number of hydrogen-bond acceptors (Lipinski definition) is 5. The summed E-state index contributed by atoms with van der Waals surface area (Å²) in [5, 5.41) is 4.75. The van der Waals surface area contributed by atoms with Crippen LogP contribution in [0.3, 0.4) is 0 Å². The van der Waals surface area contributed by atoms with Crippen LogP contribution in [-0.2, 0) is 0 Å². The van der Waals surface area contributed by atoms with Gasteiger partial charge in [-0.15, -0.1) is 0 Å². The number of nitrogens with zero attached hydrogens (tertiary/aromatic N) is 4. The molecule has 0 bridgehead atoms. The SMILES string of the molecule is Cc1noc2nc(-c3ccccc3)cc(C(=O)N3CCN(C(C)C)CC3)c12. The molecule has 0 unspecified atom stereocenters. The molecule has 3 aromatic rings. The van der Waals surface area contributed by atoms with Crippen LogP contribution in [0.15, 0.2) is 40.9 Å². The fourth-order valence-corrected chi connectivity index (χ4v) is 3.63. The highest BCUT2D eigenvalue weighted by Gasteiger charge is 2.27. The van der Waals surface area contributed by atoms with E-state index in [-0.39, 0.29) is 5.91 Å². The number of benzene rings is 1. The molecule has 0 spiro atoms. The first-order valence-electron chi connectivity index (χ1n) is 9.40. The van der Waals surface area contributed by atoms with Gasteiger partial charge in [-0.3, -0.25) is 9.69 Å². The fourth-order valence-electron chi connectivity index (χ4n) is 3.63. The number of amides is 1. The first-order chi connectivity index (χ1) is 13.0. The van der Waals surface area contributed by atoms with E-state index in [1.54, 1.807) is 0 Å². The highest BCUT2D eigenvalue weighted by atomic mass is 16.5. The molecular weight excluding hydrogens is 340 g/mol. The van der Waals surface area contributed by atoms with Gasteiger partial charge in [0.15, 0.2) is 0 Å². The van der Waals surface area contributed by atoms with Crippen molar-refractivity contribution in [2.24, 2.45) is 0 Å². The number of carbonyl (C=O) groups is 1. The van der Waals surface area contributed by atoms with Crippen molar-refractivity contribution < 1.29 is 9.32 Å². The van der Waals surface area contributed by atoms with Gasteiger partial charge in [0.25, 0.3) is 11.6 Å². The third kappa shape index (κ3) is 3.32. The number of carbonyl (C=O) groups excluding carboxylic acids is 1. The molecule has 1 saturated heterocycles. The first-order valence-corrected chi connectivity index (χ1v) is 9.40. The number of hydrogen-bond donors (Lipinski definition) is 0. The van der Waals surface area contributed by atoms with Crippen LogP contribution in [0.4, 0.5) is 0 Å². The highest BCUT2D eigenvalue weighted by molar-refractivity contribution is 6.07. The Morgan fingerprint density at radius 2 is 1.81 bits per heavy atom. The molecule has 1 aliphatic rings. The zero-order valence-corrected chi connectivity index (χ0v) is 16.0. The molecule has 3 heterocycles. The van der Waals surface area contributed by atoms with Crippen molar-refractivity contribution in [1.82, 2.24) is 19.9 Å². The smallest absolute Gasteiger partial charge is 0.259 e. The van der Waals surface area contributed by atoms with Gasteiger partial charge in [-0.25, -0.2) is 4.98 Å². The van der Waals surface area contributed by atoms with Crippen LogP contribution in [0, 0.1) is 6.92 Å². The molecule has 1 amide bonds. The minimum absolute atomic E-state index is 0.0225. The summed E-state index contributed by atoms with van der Waals surface area (Å²) in [5.41, 5.74) is 3.41. The predicted molar refractivity (Wildman–Crippen MR) is 105 cm³/mol. The molecule has 140 valence electrons. The van der Waals surface area contributed by atoms with Crippen molar-refractivity contribution in [3.05, 3.63) is 47.7 Å². The summed E-state index contributed by atoms with van der Waals surface area (Å²) in [6, 6.07) is 12.2. The Kier molecular flexibility index (Phi) is 4.66. The standard InChI is InChI=1S/C21H24N4O2/c1-14(2)24-9-11-25(12-10-24)21(26)17-13-18(16-7-5-4-6-8-16)22-20-19(17)15(3)23-27-20/h4-8,13-14H,9-12H2,1-3H3. The Bertz CT molecular complexity index is 957. The van der Waals surface area contributed by atoms with Crippen LogP contribution >= 0.6 is 0 Å². The summed E-state index contributed by atoms with van der Waals surface area (Å²) in [6.45, 7) is 9.48. The second kappa shape index (κ2) is 7.12. The van der Waals surface area contributed by atoms with Crippen LogP contribution in [0.5, 0.6) is 0 Å². The largest absolute Gasteiger partial charge is 0.336 e. The van der Waals surface area contributed by atoms with Crippen molar-refractivity contribution in [3.63, 3.8) is 0 Å². The second-order valence-electron chi connectivity index (χ2n) is 7.29. The maximum absolute atomic E-state index is 13.3. The van der Waals surface area contributed by atoms with E-state index >= 15 is 0 Å². The lowest BCUT2D eigenvalue weighted by Gasteiger charge is -2.37. The lowest BCUT2D eigenvalue weighted by molar-refractivity contribution is 0.0597. The maximum atomic E-state index is 13.3. The van der Waals surface area contributed by atoms with Crippen molar-refractivity contribution in [1.29, 1.82) is 0 Å². The molecule has 6 nitrogen and oxygen atoms in total. The van der Waals surface area contributed by atoms with E-state index in [4.69, 9.17) is 4.52 Å². The van der Waals surface area contributed by atoms with Gasteiger partial charge in [-0.1, -0.05) is 35.5 Å². The summed E-state index contributed by atoms with van der Waals surface area (Å²) < 4.78 is 5.40. The molecule has 1 fully saturated rings. The molecule has 1 aliphatic heterocycles. The van der Waals surface area contributed by atoms with Gasteiger partial charge in [0.2, 0.25) is 0 Å². The average Bonchev–Trinajstić information content (AvgIpc) is 3.08. The monoisotopic (exact) mass is 364 g/mol. The Balaban J connectivity index is 1.72. The molecule has 1 aromatic carbocycles. The van der Waals surface area contributed by atoms with Gasteiger partial charge < -0.3 is 9.42 Å². The summed E-state index contributed by atoms with van der Waals surface area (Å²) in [4.78, 5) is 22.2. The number of fused-ring (bicyclic) bond motifs is 1. The molecular formula is C21H24N4O2. The van der Waals surface area contributed by atoms with Crippen molar-refractivity contribution >= 4 is 17.0 Å². The van der Waals surface area contributed by atoms with Crippen molar-refractivity contribution in [3.8, 4) is 11.3 Å². The predicted octanol–water partition coefficient (Wildman–Crippen LogP) is 3.36. The summed E-state index contributed by atoms with van der Waals surface area (Å²) in [7, 11) is 0. The van der Waals surface area contributed by atoms with E-state index in [0.717, 1.165) is 37.4 Å². The molecule has 0 radical (unpaired) electrons. The zero-order chi connectivity index (χ0) is 19.0. The van der Waals surface area contributed by atoms with Crippen molar-refractivity contribution in [2.45, 2.75) is 26.8 Å². The van der Waals surface area contributed by atoms with Crippen LogP contribution in [-0.4, -0.2) is 58.1 Å². The summed E-state index contributed by atoms with van der Waals surface area (Å²) >= 11 is 0. The number of rotatable bonds is 3. The molecule has 0 saturated carbocycles. The third-order valence-electron chi connectivity index (χ3n) is 5.25. The lowest BCUT2D eigenvalue weighted by Crippen LogP contribution is -2.50. The molecule has 0 atom stereocenters. The quantitative estimate of drug-likeness (QED) is 0.713. The summed E-state index contributed by atoms with van der Waals surface area (Å²) in [5.74, 6) is 0.0225. The van der Waals surface area contributed by atoms with Crippen LogP contribution in [0.1, 0.15) is 29.9 Å². The Morgan fingerprint density at radius 3 is 2.48 bits per heavy atom. The minimum Gasteiger partial charge on any atom is -0.336 e. The molecule has 0 aliphatic carbocycles. The van der Waals surface area contributed by atoms with Gasteiger partial charge in [0.1, 0.15) is 0 Å². The molecule has 2 aromatic heterocycles. The van der Waals surface area contributed by atoms with Crippen LogP contribution in [0.25, 0.3) is 22.4 Å². The summed E-state index contributed by atoms with van der Waals surface area (Å²) in [6.07, 6.45) is 0. The number of aryl methyl sites for hydroxylation is 1. The van der Waals surface area contributed by atoms with E-state index in [1.807, 2.05) is 48.2 Å². The van der Waals surface area contributed by atoms with E-state index in [0.29, 0.717) is 28.4 Å². The Hall–Kier alpha value is -2.73. The third-order valence-corrected chi connectivity index (χ3v) is 5.25. The number of piperazine rings is 1. The van der Waals surface area contributed by atoms with Crippen LogP contribution in [0.2, 0.25) is 0 Å². The van der Waals surface area contributed by atoms with E-state index in [2.05, 4.69) is 28.9 Å². The fraction of sp³-hybridized carbons (Fsp3) is 0.381. The molecule has 27 heavy (non-hydrogen) atoms. The Morgan fingerprint density at radius 1 is 1.11 bits per heavy atom. The average molecular weight is 364 g/mol. The second-order valence-corrected chi connectivity index (χ2v) is 7.29. The van der Waals surface area contributed by atoms with E-state index in [1.165, 1.54) is 0 Å². The van der Waals surface area contributed by atoms with Gasteiger partial charge in [0, 0.05) is 37.8 Å². The first kappa shape index (κ1) is 17.7. The van der Waals surface area contributed by atoms with Gasteiger partial charge in [-0.05, 0) is 26.8 Å².